The summed E-state index contributed by atoms with van der Waals surface area (Å²) in [6.45, 7) is 4.05. The molecule has 0 fully saturated rings. The van der Waals surface area contributed by atoms with Gasteiger partial charge >= 0.3 is 0 Å². The van der Waals surface area contributed by atoms with E-state index in [2.05, 4.69) is 6.07 Å². The largest absolute Gasteiger partial charge is 0.385 e. The van der Waals surface area contributed by atoms with Gasteiger partial charge in [-0.05, 0) is 25.7 Å². The van der Waals surface area contributed by atoms with Crippen LogP contribution in [0.4, 0.5) is 0 Å². The Labute approximate surface area is 92.3 Å². The van der Waals surface area contributed by atoms with E-state index < -0.39 is 5.54 Å². The molecular formula is C11H22N2O2. The summed E-state index contributed by atoms with van der Waals surface area (Å²) in [6, 6.07) is 2.14. The molecule has 0 aliphatic carbocycles. The van der Waals surface area contributed by atoms with Crippen LogP contribution in [0.15, 0.2) is 0 Å². The zero-order chi connectivity index (χ0) is 11.6. The summed E-state index contributed by atoms with van der Waals surface area (Å²) in [7, 11) is 1.68. The molecule has 1 unspecified atom stereocenters. The average molecular weight is 214 g/mol. The highest BCUT2D eigenvalue weighted by Gasteiger charge is 2.20. The molecule has 0 heterocycles. The minimum Gasteiger partial charge on any atom is -0.385 e. The summed E-state index contributed by atoms with van der Waals surface area (Å²) >= 11 is 0. The minimum atomic E-state index is -0.671. The molecule has 0 radical (unpaired) electrons. The number of nitrogens with two attached hydrogens (primary N) is 1. The van der Waals surface area contributed by atoms with Crippen LogP contribution >= 0.6 is 0 Å². The molecule has 4 heteroatoms. The molecule has 0 saturated heterocycles. The fraction of sp³-hybridized carbons (Fsp3) is 0.909. The highest BCUT2D eigenvalue weighted by Crippen LogP contribution is 2.12. The Morgan fingerprint density at radius 1 is 1.27 bits per heavy atom. The first-order valence-corrected chi connectivity index (χ1v) is 5.45. The number of hydrogen-bond donors (Lipinski definition) is 1. The van der Waals surface area contributed by atoms with Crippen LogP contribution in [-0.2, 0) is 9.47 Å². The van der Waals surface area contributed by atoms with Crippen molar-refractivity contribution in [3.05, 3.63) is 0 Å². The fourth-order valence-electron chi connectivity index (χ4n) is 1.21. The van der Waals surface area contributed by atoms with Gasteiger partial charge in [-0.3, -0.25) is 0 Å². The van der Waals surface area contributed by atoms with E-state index in [-0.39, 0.29) is 0 Å². The minimum absolute atomic E-state index is 0.671. The lowest BCUT2D eigenvalue weighted by atomic mass is 9.94. The summed E-state index contributed by atoms with van der Waals surface area (Å²) in [5, 5.41) is 8.83. The van der Waals surface area contributed by atoms with Gasteiger partial charge in [-0.2, -0.15) is 5.26 Å². The van der Waals surface area contributed by atoms with E-state index in [4.69, 9.17) is 20.5 Å². The number of rotatable bonds is 9. The number of ether oxygens (including phenoxy) is 2. The highest BCUT2D eigenvalue weighted by atomic mass is 16.5. The highest BCUT2D eigenvalue weighted by molar-refractivity contribution is 5.03. The Bertz CT molecular complexity index is 192. The second-order valence-corrected chi connectivity index (χ2v) is 3.68. The first kappa shape index (κ1) is 14.4. The molecule has 0 spiro atoms. The van der Waals surface area contributed by atoms with Crippen molar-refractivity contribution in [3.8, 4) is 6.07 Å². The maximum atomic E-state index is 8.83. The molecule has 0 amide bonds. The molecule has 4 nitrogen and oxygen atoms in total. The van der Waals surface area contributed by atoms with Crippen LogP contribution in [0.3, 0.4) is 0 Å². The predicted octanol–water partition coefficient (Wildman–Crippen LogP) is 1.45. The monoisotopic (exact) mass is 214 g/mol. The van der Waals surface area contributed by atoms with Crippen molar-refractivity contribution in [1.29, 1.82) is 5.26 Å². The Kier molecular flexibility index (Phi) is 8.30. The van der Waals surface area contributed by atoms with Gasteiger partial charge in [0.2, 0.25) is 0 Å². The van der Waals surface area contributed by atoms with Gasteiger partial charge in [0.15, 0.2) is 0 Å². The van der Waals surface area contributed by atoms with E-state index in [1.54, 1.807) is 7.11 Å². The van der Waals surface area contributed by atoms with Crippen molar-refractivity contribution < 1.29 is 9.47 Å². The zero-order valence-electron chi connectivity index (χ0n) is 9.79. The topological polar surface area (TPSA) is 68.3 Å². The van der Waals surface area contributed by atoms with Crippen LogP contribution in [0.5, 0.6) is 0 Å². The van der Waals surface area contributed by atoms with E-state index in [1.807, 2.05) is 6.92 Å². The second-order valence-electron chi connectivity index (χ2n) is 3.68. The summed E-state index contributed by atoms with van der Waals surface area (Å²) in [5.41, 5.74) is 5.15. The lowest BCUT2D eigenvalue weighted by Crippen LogP contribution is -2.37. The van der Waals surface area contributed by atoms with Crippen molar-refractivity contribution in [1.82, 2.24) is 0 Å². The molecule has 0 aliphatic rings. The smallest absolute Gasteiger partial charge is 0.104 e. The molecule has 0 aromatic carbocycles. The summed E-state index contributed by atoms with van der Waals surface area (Å²) in [5.74, 6) is 0. The molecule has 0 rings (SSSR count). The van der Waals surface area contributed by atoms with Crippen LogP contribution < -0.4 is 5.73 Å². The third kappa shape index (κ3) is 7.32. The van der Waals surface area contributed by atoms with Crippen molar-refractivity contribution in [3.63, 3.8) is 0 Å². The van der Waals surface area contributed by atoms with Crippen molar-refractivity contribution in [2.75, 3.05) is 26.9 Å². The van der Waals surface area contributed by atoms with Crippen LogP contribution in [0.25, 0.3) is 0 Å². The standard InChI is InChI=1S/C11H22N2O2/c1-3-11(13,10-12)6-4-8-15-9-5-7-14-2/h3-9,13H2,1-2H3. The Hall–Kier alpha value is -0.630. The lowest BCUT2D eigenvalue weighted by Gasteiger charge is -2.18. The van der Waals surface area contributed by atoms with Gasteiger partial charge in [0.25, 0.3) is 0 Å². The van der Waals surface area contributed by atoms with Crippen LogP contribution in [0, 0.1) is 11.3 Å². The van der Waals surface area contributed by atoms with E-state index in [1.165, 1.54) is 0 Å². The lowest BCUT2D eigenvalue weighted by molar-refractivity contribution is 0.0983. The van der Waals surface area contributed by atoms with Crippen LogP contribution in [0.1, 0.15) is 32.6 Å². The molecule has 2 N–H and O–H groups in total. The first-order valence-electron chi connectivity index (χ1n) is 5.45. The van der Waals surface area contributed by atoms with E-state index in [9.17, 15) is 0 Å². The van der Waals surface area contributed by atoms with Crippen molar-refractivity contribution in [2.45, 2.75) is 38.1 Å². The van der Waals surface area contributed by atoms with E-state index >= 15 is 0 Å². The van der Waals surface area contributed by atoms with Gasteiger partial charge in [0, 0.05) is 26.9 Å². The van der Waals surface area contributed by atoms with Crippen LogP contribution in [-0.4, -0.2) is 32.5 Å². The van der Waals surface area contributed by atoms with Gasteiger partial charge in [0.05, 0.1) is 6.07 Å². The third-order valence-electron chi connectivity index (χ3n) is 2.40. The fourth-order valence-corrected chi connectivity index (χ4v) is 1.21. The maximum Gasteiger partial charge on any atom is 0.104 e. The van der Waals surface area contributed by atoms with Gasteiger partial charge in [-0.25, -0.2) is 0 Å². The molecule has 0 aromatic rings. The van der Waals surface area contributed by atoms with Gasteiger partial charge in [-0.15, -0.1) is 0 Å². The Balaban J connectivity index is 3.35. The Morgan fingerprint density at radius 2 is 1.93 bits per heavy atom. The molecule has 1 atom stereocenters. The predicted molar refractivity (Wildman–Crippen MR) is 59.4 cm³/mol. The number of nitrogens with zero attached hydrogens (tertiary/aromatic N) is 1. The Morgan fingerprint density at radius 3 is 2.47 bits per heavy atom. The third-order valence-corrected chi connectivity index (χ3v) is 2.40. The van der Waals surface area contributed by atoms with Gasteiger partial charge < -0.3 is 15.2 Å². The number of methoxy groups -OCH3 is 1. The van der Waals surface area contributed by atoms with E-state index in [0.29, 0.717) is 26.1 Å². The maximum absolute atomic E-state index is 8.83. The quantitative estimate of drug-likeness (QED) is 0.590. The molecule has 0 aromatic heterocycles. The van der Waals surface area contributed by atoms with Gasteiger partial charge in [0.1, 0.15) is 5.54 Å². The summed E-state index contributed by atoms with van der Waals surface area (Å²) in [4.78, 5) is 0. The molecule has 88 valence electrons. The van der Waals surface area contributed by atoms with Crippen molar-refractivity contribution in [2.24, 2.45) is 5.73 Å². The average Bonchev–Trinajstić information content (AvgIpc) is 2.27. The number of hydrogen-bond acceptors (Lipinski definition) is 4. The van der Waals surface area contributed by atoms with Crippen LogP contribution in [0.2, 0.25) is 0 Å². The first-order chi connectivity index (χ1) is 7.18. The molecule has 15 heavy (non-hydrogen) atoms. The van der Waals surface area contributed by atoms with E-state index in [0.717, 1.165) is 19.4 Å². The molecule has 0 aliphatic heterocycles. The summed E-state index contributed by atoms with van der Waals surface area (Å²) < 4.78 is 10.3. The SMILES string of the molecule is CCC(N)(C#N)CCCOCCCOC. The second kappa shape index (κ2) is 8.66. The van der Waals surface area contributed by atoms with Gasteiger partial charge in [-0.1, -0.05) is 6.92 Å². The molecule has 0 saturated carbocycles. The number of nitriles is 1. The molecule has 0 bridgehead atoms. The molecular weight excluding hydrogens is 192 g/mol. The zero-order valence-corrected chi connectivity index (χ0v) is 9.79. The van der Waals surface area contributed by atoms with Crippen molar-refractivity contribution >= 4 is 0 Å². The normalized spacial score (nSPS) is 14.5. The summed E-state index contributed by atoms with van der Waals surface area (Å²) in [6.07, 6.45) is 3.14.